The summed E-state index contributed by atoms with van der Waals surface area (Å²) in [5.74, 6) is 0. The van der Waals surface area contributed by atoms with Gasteiger partial charge in [-0.3, -0.25) is 5.43 Å². The van der Waals surface area contributed by atoms with Crippen LogP contribution in [0.15, 0.2) is 0 Å². The number of hydrazine groups is 1. The summed E-state index contributed by atoms with van der Waals surface area (Å²) in [6.07, 6.45) is -0.283. The predicted molar refractivity (Wildman–Crippen MR) is 70.9 cm³/mol. The van der Waals surface area contributed by atoms with Crippen molar-refractivity contribution in [3.05, 3.63) is 0 Å². The number of nitrogens with one attached hydrogen (secondary N) is 1. The van der Waals surface area contributed by atoms with Crippen molar-refractivity contribution in [3.63, 3.8) is 0 Å². The van der Waals surface area contributed by atoms with Crippen molar-refractivity contribution in [1.82, 2.24) is 20.2 Å². The lowest BCUT2D eigenvalue weighted by Gasteiger charge is -2.33. The quantitative estimate of drug-likeness (QED) is 0.628. The second kappa shape index (κ2) is 8.00. The molecule has 2 N–H and O–H groups in total. The molecule has 1 fully saturated rings. The van der Waals surface area contributed by atoms with Crippen LogP contribution in [0.5, 0.6) is 0 Å². The highest BCUT2D eigenvalue weighted by molar-refractivity contribution is 4.69. The van der Waals surface area contributed by atoms with Crippen LogP contribution in [0.4, 0.5) is 0 Å². The first kappa shape index (κ1) is 14.9. The standard InChI is InChI=1S/C12H28N4O/c1-4-15(5-2)11-12(17)10-13-16-8-6-14(3)7-9-16/h12-13,17H,4-11H2,1-3H3. The molecular weight excluding hydrogens is 216 g/mol. The van der Waals surface area contributed by atoms with Crippen molar-refractivity contribution >= 4 is 0 Å². The van der Waals surface area contributed by atoms with Gasteiger partial charge >= 0.3 is 0 Å². The van der Waals surface area contributed by atoms with Gasteiger partial charge in [-0.1, -0.05) is 13.8 Å². The second-order valence-electron chi connectivity index (χ2n) is 4.79. The maximum absolute atomic E-state index is 9.92. The third-order valence-corrected chi connectivity index (χ3v) is 3.42. The third-order valence-electron chi connectivity index (χ3n) is 3.42. The van der Waals surface area contributed by atoms with Gasteiger partial charge in [0.1, 0.15) is 0 Å². The number of rotatable bonds is 7. The molecule has 0 aliphatic carbocycles. The Balaban J connectivity index is 2.12. The molecule has 0 aromatic carbocycles. The Morgan fingerprint density at radius 3 is 2.29 bits per heavy atom. The van der Waals surface area contributed by atoms with Crippen LogP contribution >= 0.6 is 0 Å². The Kier molecular flexibility index (Phi) is 6.99. The SMILES string of the molecule is CCN(CC)CC(O)CNN1CCN(C)CC1. The summed E-state index contributed by atoms with van der Waals surface area (Å²) in [7, 11) is 2.15. The number of likely N-dealkylation sites (N-methyl/N-ethyl adjacent to an activating group) is 2. The molecule has 0 aromatic rings. The van der Waals surface area contributed by atoms with Crippen LogP contribution in [0.3, 0.4) is 0 Å². The summed E-state index contributed by atoms with van der Waals surface area (Å²) < 4.78 is 0. The van der Waals surface area contributed by atoms with E-state index in [0.717, 1.165) is 45.8 Å². The van der Waals surface area contributed by atoms with E-state index in [0.29, 0.717) is 6.54 Å². The van der Waals surface area contributed by atoms with Gasteiger partial charge in [0.2, 0.25) is 0 Å². The Hall–Kier alpha value is -0.200. The van der Waals surface area contributed by atoms with E-state index in [1.54, 1.807) is 0 Å². The molecule has 1 aliphatic heterocycles. The highest BCUT2D eigenvalue weighted by atomic mass is 16.3. The van der Waals surface area contributed by atoms with Crippen LogP contribution in [-0.2, 0) is 0 Å². The lowest BCUT2D eigenvalue weighted by molar-refractivity contribution is 0.0600. The molecule has 0 bridgehead atoms. The smallest absolute Gasteiger partial charge is 0.0805 e. The zero-order valence-corrected chi connectivity index (χ0v) is 11.5. The molecule has 17 heavy (non-hydrogen) atoms. The molecule has 1 unspecified atom stereocenters. The Bertz CT molecular complexity index is 191. The molecule has 1 heterocycles. The summed E-state index contributed by atoms with van der Waals surface area (Å²) in [6, 6.07) is 0. The van der Waals surface area contributed by atoms with Crippen LogP contribution in [0, 0.1) is 0 Å². The minimum atomic E-state index is -0.283. The van der Waals surface area contributed by atoms with E-state index in [9.17, 15) is 5.11 Å². The molecule has 1 saturated heterocycles. The minimum Gasteiger partial charge on any atom is -0.390 e. The lowest BCUT2D eigenvalue weighted by Crippen LogP contribution is -2.53. The van der Waals surface area contributed by atoms with Gasteiger partial charge < -0.3 is 14.9 Å². The molecule has 1 rings (SSSR count). The minimum absolute atomic E-state index is 0.283. The van der Waals surface area contributed by atoms with Gasteiger partial charge in [-0.25, -0.2) is 5.01 Å². The van der Waals surface area contributed by atoms with Gasteiger partial charge in [0.25, 0.3) is 0 Å². The molecule has 0 aromatic heterocycles. The van der Waals surface area contributed by atoms with Gasteiger partial charge in [0.15, 0.2) is 0 Å². The maximum atomic E-state index is 9.92. The van der Waals surface area contributed by atoms with Crippen LogP contribution in [0.1, 0.15) is 13.8 Å². The Morgan fingerprint density at radius 1 is 1.18 bits per heavy atom. The first-order valence-corrected chi connectivity index (χ1v) is 6.73. The fourth-order valence-electron chi connectivity index (χ4n) is 2.04. The molecular formula is C12H28N4O. The molecule has 5 nitrogen and oxygen atoms in total. The summed E-state index contributed by atoms with van der Waals surface area (Å²) in [4.78, 5) is 4.57. The average Bonchev–Trinajstić information content (AvgIpc) is 2.35. The van der Waals surface area contributed by atoms with E-state index in [4.69, 9.17) is 0 Å². The molecule has 0 radical (unpaired) electrons. The number of piperazine rings is 1. The fraction of sp³-hybridized carbons (Fsp3) is 1.00. The van der Waals surface area contributed by atoms with E-state index in [-0.39, 0.29) is 6.10 Å². The normalized spacial score (nSPS) is 21.0. The van der Waals surface area contributed by atoms with Crippen molar-refractivity contribution in [2.75, 3.05) is 59.4 Å². The molecule has 1 aliphatic rings. The zero-order valence-electron chi connectivity index (χ0n) is 11.5. The molecule has 0 spiro atoms. The molecule has 0 saturated carbocycles. The van der Waals surface area contributed by atoms with E-state index >= 15 is 0 Å². The fourth-order valence-corrected chi connectivity index (χ4v) is 2.04. The summed E-state index contributed by atoms with van der Waals surface area (Å²) in [6.45, 7) is 11.9. The van der Waals surface area contributed by atoms with Crippen molar-refractivity contribution in [3.8, 4) is 0 Å². The summed E-state index contributed by atoms with van der Waals surface area (Å²) in [5, 5.41) is 12.1. The first-order valence-electron chi connectivity index (χ1n) is 6.73. The number of aliphatic hydroxyl groups is 1. The van der Waals surface area contributed by atoms with E-state index in [1.807, 2.05) is 0 Å². The number of hydrogen-bond acceptors (Lipinski definition) is 5. The largest absolute Gasteiger partial charge is 0.390 e. The Labute approximate surface area is 105 Å². The zero-order chi connectivity index (χ0) is 12.7. The molecule has 102 valence electrons. The van der Waals surface area contributed by atoms with Gasteiger partial charge in [-0.05, 0) is 20.1 Å². The third kappa shape index (κ3) is 5.79. The van der Waals surface area contributed by atoms with Crippen LogP contribution < -0.4 is 5.43 Å². The summed E-state index contributed by atoms with van der Waals surface area (Å²) in [5.41, 5.74) is 3.33. The van der Waals surface area contributed by atoms with Gasteiger partial charge in [-0.2, -0.15) is 0 Å². The van der Waals surface area contributed by atoms with Crippen LogP contribution in [0.2, 0.25) is 0 Å². The van der Waals surface area contributed by atoms with E-state index < -0.39 is 0 Å². The van der Waals surface area contributed by atoms with Crippen molar-refractivity contribution < 1.29 is 5.11 Å². The second-order valence-corrected chi connectivity index (χ2v) is 4.79. The van der Waals surface area contributed by atoms with Gasteiger partial charge in [0.05, 0.1) is 6.10 Å². The lowest BCUT2D eigenvalue weighted by atomic mass is 10.3. The highest BCUT2D eigenvalue weighted by Gasteiger charge is 2.15. The molecule has 5 heteroatoms. The number of nitrogens with zero attached hydrogens (tertiary/aromatic N) is 3. The predicted octanol–water partition coefficient (Wildman–Crippen LogP) is -0.559. The van der Waals surface area contributed by atoms with E-state index in [1.165, 1.54) is 0 Å². The highest BCUT2D eigenvalue weighted by Crippen LogP contribution is 1.96. The van der Waals surface area contributed by atoms with Crippen molar-refractivity contribution in [2.24, 2.45) is 0 Å². The first-order chi connectivity index (χ1) is 8.15. The number of hydrogen-bond donors (Lipinski definition) is 2. The van der Waals surface area contributed by atoms with Crippen molar-refractivity contribution in [1.29, 1.82) is 0 Å². The van der Waals surface area contributed by atoms with Crippen molar-refractivity contribution in [2.45, 2.75) is 20.0 Å². The monoisotopic (exact) mass is 244 g/mol. The molecule has 1 atom stereocenters. The van der Waals surface area contributed by atoms with Crippen LogP contribution in [-0.4, -0.2) is 85.4 Å². The maximum Gasteiger partial charge on any atom is 0.0805 e. The van der Waals surface area contributed by atoms with Gasteiger partial charge in [-0.15, -0.1) is 0 Å². The van der Waals surface area contributed by atoms with Crippen LogP contribution in [0.25, 0.3) is 0 Å². The van der Waals surface area contributed by atoms with E-state index in [2.05, 4.69) is 41.1 Å². The average molecular weight is 244 g/mol. The summed E-state index contributed by atoms with van der Waals surface area (Å²) >= 11 is 0. The van der Waals surface area contributed by atoms with Gasteiger partial charge in [0, 0.05) is 39.3 Å². The number of aliphatic hydroxyl groups excluding tert-OH is 1. The Morgan fingerprint density at radius 2 is 1.76 bits per heavy atom. The molecule has 0 amide bonds. The topological polar surface area (TPSA) is 42.0 Å².